The Bertz CT molecular complexity index is 329. The van der Waals surface area contributed by atoms with Crippen molar-refractivity contribution in [2.45, 2.75) is 33.6 Å². The lowest BCUT2D eigenvalue weighted by molar-refractivity contribution is 0.141. The molecule has 0 bridgehead atoms. The molecule has 0 fully saturated rings. The molecule has 0 aliphatic heterocycles. The second-order valence-electron chi connectivity index (χ2n) is 4.31. The fourth-order valence-electron chi connectivity index (χ4n) is 1.79. The summed E-state index contributed by atoms with van der Waals surface area (Å²) in [5.74, 6) is 0. The van der Waals surface area contributed by atoms with Gasteiger partial charge in [0.15, 0.2) is 0 Å². The van der Waals surface area contributed by atoms with Gasteiger partial charge in [0.1, 0.15) is 0 Å². The van der Waals surface area contributed by atoms with Crippen LogP contribution in [-0.4, -0.2) is 19.8 Å². The van der Waals surface area contributed by atoms with E-state index in [1.165, 1.54) is 23.2 Å². The van der Waals surface area contributed by atoms with Gasteiger partial charge in [-0.05, 0) is 43.5 Å². The zero-order chi connectivity index (χ0) is 12.7. The van der Waals surface area contributed by atoms with Crippen molar-refractivity contribution in [2.24, 2.45) is 0 Å². The Morgan fingerprint density at radius 2 is 1.82 bits per heavy atom. The lowest BCUT2D eigenvalue weighted by Crippen LogP contribution is -2.11. The maximum Gasteiger partial charge on any atom is 0.0639 e. The van der Waals surface area contributed by atoms with E-state index in [4.69, 9.17) is 4.74 Å². The molecule has 1 aromatic carbocycles. The number of anilines is 1. The molecule has 0 heterocycles. The van der Waals surface area contributed by atoms with Crippen LogP contribution in [0.25, 0.3) is 0 Å². The summed E-state index contributed by atoms with van der Waals surface area (Å²) in [7, 11) is 0. The predicted octanol–water partition coefficient (Wildman–Crippen LogP) is 4.29. The molecule has 0 aromatic heterocycles. The quantitative estimate of drug-likeness (QED) is 0.758. The molecule has 96 valence electrons. The highest BCUT2D eigenvalue weighted by Gasteiger charge is 2.03. The smallest absolute Gasteiger partial charge is 0.0639 e. The monoisotopic (exact) mass is 299 g/mol. The van der Waals surface area contributed by atoms with Crippen LogP contribution in [0.5, 0.6) is 0 Å². The number of nitrogens with one attached hydrogen (secondary N) is 1. The molecule has 0 aliphatic rings. The third-order valence-corrected chi connectivity index (χ3v) is 3.15. The van der Waals surface area contributed by atoms with E-state index in [1.807, 2.05) is 0 Å². The van der Waals surface area contributed by atoms with E-state index >= 15 is 0 Å². The summed E-state index contributed by atoms with van der Waals surface area (Å²) in [5, 5.41) is 3.44. The van der Waals surface area contributed by atoms with Crippen molar-refractivity contribution in [3.05, 3.63) is 27.7 Å². The second kappa shape index (κ2) is 7.72. The lowest BCUT2D eigenvalue weighted by atomic mass is 10.1. The first-order valence-electron chi connectivity index (χ1n) is 6.23. The van der Waals surface area contributed by atoms with E-state index in [1.54, 1.807) is 0 Å². The molecule has 0 spiro atoms. The standard InChI is InChI=1S/C14H22BrNO/c1-4-5-7-17-8-6-16-14-11(2)9-13(15)10-12(14)3/h9-10,16H,4-8H2,1-3H3. The number of hydrogen-bond acceptors (Lipinski definition) is 2. The molecule has 1 rings (SSSR count). The van der Waals surface area contributed by atoms with Crippen molar-refractivity contribution in [3.63, 3.8) is 0 Å². The van der Waals surface area contributed by atoms with Crippen LogP contribution >= 0.6 is 15.9 Å². The first-order chi connectivity index (χ1) is 8.15. The summed E-state index contributed by atoms with van der Waals surface area (Å²) < 4.78 is 6.66. The molecule has 1 N–H and O–H groups in total. The van der Waals surface area contributed by atoms with Crippen LogP contribution in [0.15, 0.2) is 16.6 Å². The minimum absolute atomic E-state index is 0.773. The van der Waals surface area contributed by atoms with Crippen LogP contribution in [0, 0.1) is 13.8 Å². The van der Waals surface area contributed by atoms with Gasteiger partial charge in [-0.2, -0.15) is 0 Å². The van der Waals surface area contributed by atoms with Gasteiger partial charge in [-0.3, -0.25) is 0 Å². The average molecular weight is 300 g/mol. The number of ether oxygens (including phenoxy) is 1. The van der Waals surface area contributed by atoms with Gasteiger partial charge >= 0.3 is 0 Å². The Labute approximate surface area is 113 Å². The number of aryl methyl sites for hydroxylation is 2. The number of hydrogen-bond donors (Lipinski definition) is 1. The summed E-state index contributed by atoms with van der Waals surface area (Å²) in [6.07, 6.45) is 2.34. The van der Waals surface area contributed by atoms with Gasteiger partial charge < -0.3 is 10.1 Å². The van der Waals surface area contributed by atoms with Gasteiger partial charge in [-0.25, -0.2) is 0 Å². The molecule has 1 aromatic rings. The SMILES string of the molecule is CCCCOCCNc1c(C)cc(Br)cc1C. The van der Waals surface area contributed by atoms with Gasteiger partial charge in [-0.1, -0.05) is 29.3 Å². The Morgan fingerprint density at radius 1 is 1.18 bits per heavy atom. The molecule has 0 amide bonds. The van der Waals surface area contributed by atoms with E-state index in [9.17, 15) is 0 Å². The second-order valence-corrected chi connectivity index (χ2v) is 5.22. The highest BCUT2D eigenvalue weighted by atomic mass is 79.9. The van der Waals surface area contributed by atoms with E-state index in [-0.39, 0.29) is 0 Å². The molecule has 0 aliphatic carbocycles. The number of halogens is 1. The largest absolute Gasteiger partial charge is 0.382 e. The highest BCUT2D eigenvalue weighted by Crippen LogP contribution is 2.24. The Morgan fingerprint density at radius 3 is 2.41 bits per heavy atom. The average Bonchev–Trinajstić information content (AvgIpc) is 2.26. The lowest BCUT2D eigenvalue weighted by Gasteiger charge is -2.13. The van der Waals surface area contributed by atoms with Crippen molar-refractivity contribution in [1.29, 1.82) is 0 Å². The summed E-state index contributed by atoms with van der Waals surface area (Å²) in [6.45, 7) is 8.94. The van der Waals surface area contributed by atoms with Gasteiger partial charge in [0.2, 0.25) is 0 Å². The molecular weight excluding hydrogens is 278 g/mol. The van der Waals surface area contributed by atoms with Gasteiger partial charge in [0.25, 0.3) is 0 Å². The zero-order valence-corrected chi connectivity index (χ0v) is 12.6. The summed E-state index contributed by atoms with van der Waals surface area (Å²) in [4.78, 5) is 0. The van der Waals surface area contributed by atoms with Crippen molar-refractivity contribution in [1.82, 2.24) is 0 Å². The summed E-state index contributed by atoms with van der Waals surface area (Å²) in [5.41, 5.74) is 3.77. The van der Waals surface area contributed by atoms with Gasteiger partial charge in [-0.15, -0.1) is 0 Å². The Hall–Kier alpha value is -0.540. The first-order valence-corrected chi connectivity index (χ1v) is 7.02. The fourth-order valence-corrected chi connectivity index (χ4v) is 2.47. The van der Waals surface area contributed by atoms with E-state index in [0.717, 1.165) is 30.7 Å². The maximum absolute atomic E-state index is 5.53. The van der Waals surface area contributed by atoms with Crippen LogP contribution in [-0.2, 0) is 4.74 Å². The maximum atomic E-state index is 5.53. The predicted molar refractivity (Wildman–Crippen MR) is 77.8 cm³/mol. The van der Waals surface area contributed by atoms with Gasteiger partial charge in [0, 0.05) is 23.3 Å². The number of unbranched alkanes of at least 4 members (excludes halogenated alkanes) is 1. The summed E-state index contributed by atoms with van der Waals surface area (Å²) >= 11 is 3.50. The Balaban J connectivity index is 2.36. The van der Waals surface area contributed by atoms with Crippen molar-refractivity contribution < 1.29 is 4.74 Å². The molecule has 3 heteroatoms. The van der Waals surface area contributed by atoms with Gasteiger partial charge in [0.05, 0.1) is 6.61 Å². The Kier molecular flexibility index (Phi) is 6.60. The highest BCUT2D eigenvalue weighted by molar-refractivity contribution is 9.10. The molecule has 0 unspecified atom stereocenters. The molecular formula is C14H22BrNO. The molecule has 17 heavy (non-hydrogen) atoms. The molecule has 0 saturated heterocycles. The first kappa shape index (κ1) is 14.5. The van der Waals surface area contributed by atoms with Crippen molar-refractivity contribution in [2.75, 3.05) is 25.1 Å². The van der Waals surface area contributed by atoms with Crippen molar-refractivity contribution >= 4 is 21.6 Å². The van der Waals surface area contributed by atoms with Crippen LogP contribution in [0.3, 0.4) is 0 Å². The zero-order valence-electron chi connectivity index (χ0n) is 11.0. The number of rotatable bonds is 7. The number of benzene rings is 1. The normalized spacial score (nSPS) is 10.6. The minimum Gasteiger partial charge on any atom is -0.382 e. The summed E-state index contributed by atoms with van der Waals surface area (Å²) in [6, 6.07) is 4.26. The van der Waals surface area contributed by atoms with E-state index in [2.05, 4.69) is 54.2 Å². The van der Waals surface area contributed by atoms with E-state index in [0.29, 0.717) is 0 Å². The molecule has 0 radical (unpaired) electrons. The third kappa shape index (κ3) is 5.09. The molecule has 0 saturated carbocycles. The fraction of sp³-hybridized carbons (Fsp3) is 0.571. The molecule has 0 atom stereocenters. The minimum atomic E-state index is 0.773. The van der Waals surface area contributed by atoms with Crippen LogP contribution < -0.4 is 5.32 Å². The van der Waals surface area contributed by atoms with Crippen LogP contribution in [0.2, 0.25) is 0 Å². The van der Waals surface area contributed by atoms with Crippen LogP contribution in [0.1, 0.15) is 30.9 Å². The van der Waals surface area contributed by atoms with E-state index < -0.39 is 0 Å². The van der Waals surface area contributed by atoms with Crippen LogP contribution in [0.4, 0.5) is 5.69 Å². The molecule has 2 nitrogen and oxygen atoms in total. The van der Waals surface area contributed by atoms with Crippen molar-refractivity contribution in [3.8, 4) is 0 Å². The topological polar surface area (TPSA) is 21.3 Å². The third-order valence-electron chi connectivity index (χ3n) is 2.69.